The Morgan fingerprint density at radius 1 is 1.21 bits per heavy atom. The predicted octanol–water partition coefficient (Wildman–Crippen LogP) is 2.08. The number of nitrogens with one attached hydrogen (secondary N) is 1. The molecule has 4 heterocycles. The number of fused-ring (bicyclic) bond motifs is 1. The monoisotopic (exact) mass is 316 g/mol. The molecular formula is C17H12N6O. The van der Waals surface area contributed by atoms with Crippen LogP contribution in [0, 0.1) is 11.3 Å². The number of nitrogens with zero attached hydrogens (tertiary/aromatic N) is 4. The molecule has 0 spiro atoms. The molecule has 3 aromatic rings. The summed E-state index contributed by atoms with van der Waals surface area (Å²) in [4.78, 5) is 8.51. The minimum atomic E-state index is -0.414. The van der Waals surface area contributed by atoms with Crippen LogP contribution in [0.5, 0.6) is 5.88 Å². The summed E-state index contributed by atoms with van der Waals surface area (Å²) in [5.41, 5.74) is 9.22. The average molecular weight is 316 g/mol. The maximum absolute atomic E-state index is 9.58. The molecule has 24 heavy (non-hydrogen) atoms. The van der Waals surface area contributed by atoms with Crippen LogP contribution in [-0.2, 0) is 0 Å². The summed E-state index contributed by atoms with van der Waals surface area (Å²) >= 11 is 0. The summed E-state index contributed by atoms with van der Waals surface area (Å²) in [6, 6.07) is 11.4. The smallest absolute Gasteiger partial charge is 0.244 e. The highest BCUT2D eigenvalue weighted by atomic mass is 16.5. The highest BCUT2D eigenvalue weighted by Gasteiger charge is 2.35. The standard InChI is InChI=1S/C17H12N6O/c18-8-11-13(10-4-3-6-20-9-10)14-15(12-5-1-2-7-21-12)22-23-17(14)24-16(11)19/h1-7,9,13H,19H2,(H,22,23)/t13-/m1/s1. The van der Waals surface area contributed by atoms with E-state index in [2.05, 4.69) is 26.2 Å². The van der Waals surface area contributed by atoms with Crippen molar-refractivity contribution in [3.05, 3.63) is 71.5 Å². The second kappa shape index (κ2) is 5.52. The van der Waals surface area contributed by atoms with Crippen molar-refractivity contribution in [2.45, 2.75) is 5.92 Å². The van der Waals surface area contributed by atoms with E-state index in [1.165, 1.54) is 0 Å². The van der Waals surface area contributed by atoms with Crippen molar-refractivity contribution in [2.24, 2.45) is 5.73 Å². The molecule has 116 valence electrons. The van der Waals surface area contributed by atoms with Crippen molar-refractivity contribution in [1.82, 2.24) is 20.2 Å². The third kappa shape index (κ3) is 2.09. The van der Waals surface area contributed by atoms with E-state index in [-0.39, 0.29) is 5.88 Å². The minimum absolute atomic E-state index is 0.0536. The molecule has 0 aromatic carbocycles. The Kier molecular flexibility index (Phi) is 3.21. The Morgan fingerprint density at radius 2 is 2.12 bits per heavy atom. The Balaban J connectivity index is 1.96. The fraction of sp³-hybridized carbons (Fsp3) is 0.0588. The van der Waals surface area contributed by atoms with Crippen LogP contribution in [-0.4, -0.2) is 20.2 Å². The van der Waals surface area contributed by atoms with Gasteiger partial charge in [-0.1, -0.05) is 12.1 Å². The lowest BCUT2D eigenvalue weighted by Crippen LogP contribution is -2.21. The largest absolute Gasteiger partial charge is 0.420 e. The molecule has 1 atom stereocenters. The molecule has 0 saturated heterocycles. The first-order chi connectivity index (χ1) is 11.8. The lowest BCUT2D eigenvalue weighted by atomic mass is 9.84. The number of rotatable bonds is 2. The summed E-state index contributed by atoms with van der Waals surface area (Å²) in [5, 5.41) is 16.7. The Hall–Kier alpha value is -3.66. The highest BCUT2D eigenvalue weighted by molar-refractivity contribution is 5.68. The van der Waals surface area contributed by atoms with E-state index in [1.807, 2.05) is 30.3 Å². The normalized spacial score (nSPS) is 16.2. The zero-order chi connectivity index (χ0) is 16.5. The van der Waals surface area contributed by atoms with Crippen LogP contribution in [0.15, 0.2) is 60.4 Å². The number of pyridine rings is 2. The molecule has 0 radical (unpaired) electrons. The second-order valence-electron chi connectivity index (χ2n) is 5.24. The van der Waals surface area contributed by atoms with Crippen LogP contribution in [0.4, 0.5) is 0 Å². The van der Waals surface area contributed by atoms with Gasteiger partial charge in [-0.15, -0.1) is 5.10 Å². The summed E-state index contributed by atoms with van der Waals surface area (Å²) in [6.45, 7) is 0. The third-order valence-corrected chi connectivity index (χ3v) is 3.88. The number of aromatic amines is 1. The molecule has 1 aliphatic rings. The molecule has 0 saturated carbocycles. The van der Waals surface area contributed by atoms with Crippen molar-refractivity contribution in [2.75, 3.05) is 0 Å². The van der Waals surface area contributed by atoms with Gasteiger partial charge in [0.1, 0.15) is 11.6 Å². The van der Waals surface area contributed by atoms with Gasteiger partial charge in [-0.05, 0) is 23.8 Å². The quantitative estimate of drug-likeness (QED) is 0.748. The van der Waals surface area contributed by atoms with Crippen molar-refractivity contribution >= 4 is 0 Å². The zero-order valence-corrected chi connectivity index (χ0v) is 12.5. The van der Waals surface area contributed by atoms with E-state index in [1.54, 1.807) is 18.6 Å². The van der Waals surface area contributed by atoms with E-state index in [4.69, 9.17) is 10.5 Å². The number of hydrogen-bond acceptors (Lipinski definition) is 6. The van der Waals surface area contributed by atoms with Crippen LogP contribution < -0.4 is 10.5 Å². The van der Waals surface area contributed by atoms with Crippen LogP contribution >= 0.6 is 0 Å². The van der Waals surface area contributed by atoms with Crippen LogP contribution in [0.1, 0.15) is 17.0 Å². The van der Waals surface area contributed by atoms with Crippen LogP contribution in [0.2, 0.25) is 0 Å². The number of aromatic nitrogens is 4. The van der Waals surface area contributed by atoms with E-state index >= 15 is 0 Å². The fourth-order valence-electron chi connectivity index (χ4n) is 2.83. The number of hydrogen-bond donors (Lipinski definition) is 2. The number of H-pyrrole nitrogens is 1. The molecule has 7 nitrogen and oxygen atoms in total. The SMILES string of the molecule is N#CC1=C(N)Oc2n[nH]c(-c3ccccn3)c2[C@@H]1c1cccnc1. The first-order valence-corrected chi connectivity index (χ1v) is 7.26. The van der Waals surface area contributed by atoms with E-state index in [9.17, 15) is 5.26 Å². The fourth-order valence-corrected chi connectivity index (χ4v) is 2.83. The molecule has 3 N–H and O–H groups in total. The molecular weight excluding hydrogens is 304 g/mol. The minimum Gasteiger partial charge on any atom is -0.420 e. The number of nitriles is 1. The summed E-state index contributed by atoms with van der Waals surface area (Å²) in [6.07, 6.45) is 5.08. The lowest BCUT2D eigenvalue weighted by Gasteiger charge is -2.23. The van der Waals surface area contributed by atoms with Gasteiger partial charge in [-0.25, -0.2) is 0 Å². The number of ether oxygens (including phenoxy) is 1. The third-order valence-electron chi connectivity index (χ3n) is 3.88. The Bertz CT molecular complexity index is 956. The molecule has 0 unspecified atom stereocenters. The van der Waals surface area contributed by atoms with E-state index in [0.717, 1.165) is 11.1 Å². The van der Waals surface area contributed by atoms with Gasteiger partial charge in [0.15, 0.2) is 0 Å². The highest BCUT2D eigenvalue weighted by Crippen LogP contribution is 2.44. The Morgan fingerprint density at radius 3 is 2.83 bits per heavy atom. The summed E-state index contributed by atoms with van der Waals surface area (Å²) in [7, 11) is 0. The van der Waals surface area contributed by atoms with Gasteiger partial charge in [-0.2, -0.15) is 5.26 Å². The topological polar surface area (TPSA) is 114 Å². The predicted molar refractivity (Wildman–Crippen MR) is 85.4 cm³/mol. The summed E-state index contributed by atoms with van der Waals surface area (Å²) < 4.78 is 5.53. The van der Waals surface area contributed by atoms with E-state index < -0.39 is 5.92 Å². The first-order valence-electron chi connectivity index (χ1n) is 7.26. The van der Waals surface area contributed by atoms with Gasteiger partial charge in [0.25, 0.3) is 0 Å². The maximum Gasteiger partial charge on any atom is 0.244 e. The van der Waals surface area contributed by atoms with Crippen molar-refractivity contribution in [3.8, 4) is 23.3 Å². The molecule has 3 aromatic heterocycles. The number of nitrogens with two attached hydrogens (primary N) is 1. The van der Waals surface area contributed by atoms with Crippen LogP contribution in [0.3, 0.4) is 0 Å². The van der Waals surface area contributed by atoms with Crippen molar-refractivity contribution < 1.29 is 4.74 Å². The molecule has 0 fully saturated rings. The second-order valence-corrected chi connectivity index (χ2v) is 5.24. The van der Waals surface area contributed by atoms with Crippen molar-refractivity contribution in [1.29, 1.82) is 5.26 Å². The summed E-state index contributed by atoms with van der Waals surface area (Å²) in [5.74, 6) is -0.0119. The van der Waals surface area contributed by atoms with Gasteiger partial charge < -0.3 is 10.5 Å². The molecule has 0 aliphatic carbocycles. The number of allylic oxidation sites excluding steroid dienone is 1. The van der Waals surface area contributed by atoms with E-state index in [0.29, 0.717) is 22.8 Å². The van der Waals surface area contributed by atoms with Gasteiger partial charge in [0.05, 0.1) is 22.9 Å². The maximum atomic E-state index is 9.58. The van der Waals surface area contributed by atoms with Gasteiger partial charge >= 0.3 is 0 Å². The van der Waals surface area contributed by atoms with Gasteiger partial charge in [0, 0.05) is 18.6 Å². The lowest BCUT2D eigenvalue weighted by molar-refractivity contribution is 0.379. The molecule has 0 amide bonds. The Labute approximate surface area is 137 Å². The molecule has 1 aliphatic heterocycles. The molecule has 7 heteroatoms. The van der Waals surface area contributed by atoms with Gasteiger partial charge in [0.2, 0.25) is 11.8 Å². The molecule has 0 bridgehead atoms. The molecule has 4 rings (SSSR count). The van der Waals surface area contributed by atoms with Crippen LogP contribution in [0.25, 0.3) is 11.4 Å². The van der Waals surface area contributed by atoms with Gasteiger partial charge in [-0.3, -0.25) is 15.1 Å². The zero-order valence-electron chi connectivity index (χ0n) is 12.5. The van der Waals surface area contributed by atoms with Crippen molar-refractivity contribution in [3.63, 3.8) is 0 Å². The first kappa shape index (κ1) is 14.0. The average Bonchev–Trinajstić information content (AvgIpc) is 3.05.